The summed E-state index contributed by atoms with van der Waals surface area (Å²) in [5, 5.41) is 9.92. The summed E-state index contributed by atoms with van der Waals surface area (Å²) < 4.78 is 0. The minimum Gasteiger partial charge on any atom is -0.390 e. The Kier molecular flexibility index (Phi) is 4.13. The van der Waals surface area contributed by atoms with Crippen LogP contribution >= 0.6 is 0 Å². The smallest absolute Gasteiger partial charge is 0.217 e. The molecular weight excluding hydrogens is 268 g/mol. The molecule has 0 atom stereocenters. The van der Waals surface area contributed by atoms with Gasteiger partial charge in [-0.25, -0.2) is 4.98 Å². The Bertz CT molecular complexity index is 552. The molecule has 1 aromatic rings. The molecule has 0 unspecified atom stereocenters. The number of anilines is 1. The number of nitrogens with zero attached hydrogens (tertiary/aromatic N) is 4. The Hall–Kier alpha value is -2.15. The molecule has 1 aliphatic heterocycles. The summed E-state index contributed by atoms with van der Waals surface area (Å²) in [4.78, 5) is 14.2. The summed E-state index contributed by atoms with van der Waals surface area (Å²) in [6.07, 6.45) is 1.66. The third-order valence-corrected chi connectivity index (χ3v) is 3.71. The maximum absolute atomic E-state index is 9.92. The van der Waals surface area contributed by atoms with E-state index in [1.807, 2.05) is 26.0 Å². The van der Waals surface area contributed by atoms with Crippen LogP contribution in [0.5, 0.6) is 0 Å². The SMILES string of the molecule is CN=C(N)/N=C(\N)c1ccc(N2CC(C(C)(C)O)C2)nc1. The summed E-state index contributed by atoms with van der Waals surface area (Å²) in [6.45, 7) is 5.27. The summed E-state index contributed by atoms with van der Waals surface area (Å²) in [5.41, 5.74) is 11.4. The summed E-state index contributed by atoms with van der Waals surface area (Å²) in [5.74, 6) is 1.55. The predicted octanol–water partition coefficient (Wildman–Crippen LogP) is -0.0615. The number of aliphatic imine (C=N–C) groups is 2. The molecular formula is C14H22N6O. The van der Waals surface area contributed by atoms with E-state index in [4.69, 9.17) is 11.5 Å². The fraction of sp³-hybridized carbons (Fsp3) is 0.500. The lowest BCUT2D eigenvalue weighted by Crippen LogP contribution is -2.56. The van der Waals surface area contributed by atoms with Crippen LogP contribution < -0.4 is 16.4 Å². The van der Waals surface area contributed by atoms with Crippen molar-refractivity contribution in [3.05, 3.63) is 23.9 Å². The van der Waals surface area contributed by atoms with Gasteiger partial charge in [0.2, 0.25) is 5.96 Å². The van der Waals surface area contributed by atoms with Gasteiger partial charge in [0, 0.05) is 37.8 Å². The van der Waals surface area contributed by atoms with Gasteiger partial charge in [0.05, 0.1) is 5.60 Å². The average Bonchev–Trinajstić information content (AvgIpc) is 2.35. The van der Waals surface area contributed by atoms with Crippen LogP contribution in [-0.2, 0) is 0 Å². The molecule has 7 heteroatoms. The van der Waals surface area contributed by atoms with Crippen molar-refractivity contribution in [3.63, 3.8) is 0 Å². The maximum Gasteiger partial charge on any atom is 0.217 e. The molecule has 0 spiro atoms. The molecule has 0 aromatic carbocycles. The fourth-order valence-electron chi connectivity index (χ4n) is 2.08. The molecule has 21 heavy (non-hydrogen) atoms. The number of rotatable bonds is 3. The van der Waals surface area contributed by atoms with E-state index in [1.165, 1.54) is 0 Å². The molecule has 0 saturated carbocycles. The van der Waals surface area contributed by atoms with Crippen LogP contribution in [0.15, 0.2) is 28.3 Å². The van der Waals surface area contributed by atoms with E-state index in [-0.39, 0.29) is 17.7 Å². The highest BCUT2D eigenvalue weighted by molar-refractivity contribution is 6.04. The first-order valence-corrected chi connectivity index (χ1v) is 6.81. The van der Waals surface area contributed by atoms with E-state index in [1.54, 1.807) is 13.2 Å². The molecule has 0 amide bonds. The predicted molar refractivity (Wildman–Crippen MR) is 84.5 cm³/mol. The molecule has 1 fully saturated rings. The second kappa shape index (κ2) is 5.69. The molecule has 1 saturated heterocycles. The van der Waals surface area contributed by atoms with Crippen LogP contribution in [-0.4, -0.2) is 47.6 Å². The number of amidine groups is 1. The van der Waals surface area contributed by atoms with E-state index >= 15 is 0 Å². The van der Waals surface area contributed by atoms with Gasteiger partial charge < -0.3 is 21.5 Å². The van der Waals surface area contributed by atoms with Gasteiger partial charge in [0.15, 0.2) is 0 Å². The third-order valence-electron chi connectivity index (χ3n) is 3.71. The molecule has 1 aromatic heterocycles. The maximum atomic E-state index is 9.92. The Morgan fingerprint density at radius 2 is 2.05 bits per heavy atom. The van der Waals surface area contributed by atoms with Crippen LogP contribution in [0.2, 0.25) is 0 Å². The highest BCUT2D eigenvalue weighted by atomic mass is 16.3. The van der Waals surface area contributed by atoms with E-state index in [0.29, 0.717) is 5.56 Å². The molecule has 7 nitrogen and oxygen atoms in total. The largest absolute Gasteiger partial charge is 0.390 e. The van der Waals surface area contributed by atoms with E-state index in [9.17, 15) is 5.11 Å². The molecule has 5 N–H and O–H groups in total. The van der Waals surface area contributed by atoms with Gasteiger partial charge in [0.1, 0.15) is 11.7 Å². The van der Waals surface area contributed by atoms with Gasteiger partial charge >= 0.3 is 0 Å². The quantitative estimate of drug-likeness (QED) is 0.533. The monoisotopic (exact) mass is 290 g/mol. The van der Waals surface area contributed by atoms with Crippen LogP contribution in [0.3, 0.4) is 0 Å². The van der Waals surface area contributed by atoms with Crippen molar-refractivity contribution < 1.29 is 5.11 Å². The Labute approximate surface area is 124 Å². The first-order valence-electron chi connectivity index (χ1n) is 6.81. The zero-order valence-corrected chi connectivity index (χ0v) is 12.6. The van der Waals surface area contributed by atoms with E-state index in [2.05, 4.69) is 19.9 Å². The van der Waals surface area contributed by atoms with Crippen molar-refractivity contribution in [2.45, 2.75) is 19.4 Å². The highest BCUT2D eigenvalue weighted by Crippen LogP contribution is 2.30. The number of nitrogens with two attached hydrogens (primary N) is 2. The minimum absolute atomic E-state index is 0.132. The van der Waals surface area contributed by atoms with Crippen molar-refractivity contribution in [3.8, 4) is 0 Å². The third kappa shape index (κ3) is 3.49. The molecule has 114 valence electrons. The Balaban J connectivity index is 2.03. The number of pyridine rings is 1. The molecule has 0 aliphatic carbocycles. The zero-order chi connectivity index (χ0) is 15.6. The second-order valence-corrected chi connectivity index (χ2v) is 5.74. The molecule has 2 heterocycles. The summed E-state index contributed by atoms with van der Waals surface area (Å²) >= 11 is 0. The van der Waals surface area contributed by atoms with Gasteiger partial charge in [0.25, 0.3) is 0 Å². The Morgan fingerprint density at radius 3 is 2.52 bits per heavy atom. The van der Waals surface area contributed by atoms with Crippen molar-refractivity contribution in [1.82, 2.24) is 4.98 Å². The molecule has 0 bridgehead atoms. The summed E-state index contributed by atoms with van der Waals surface area (Å²) in [7, 11) is 1.55. The topological polar surface area (TPSA) is 113 Å². The van der Waals surface area contributed by atoms with Crippen LogP contribution in [0, 0.1) is 5.92 Å². The van der Waals surface area contributed by atoms with Crippen LogP contribution in [0.1, 0.15) is 19.4 Å². The highest BCUT2D eigenvalue weighted by Gasteiger charge is 2.37. The number of aliphatic hydroxyl groups is 1. The first-order chi connectivity index (χ1) is 9.81. The van der Waals surface area contributed by atoms with Gasteiger partial charge in [-0.1, -0.05) is 0 Å². The zero-order valence-electron chi connectivity index (χ0n) is 12.6. The molecule has 2 rings (SSSR count). The first kappa shape index (κ1) is 15.2. The van der Waals surface area contributed by atoms with Crippen LogP contribution in [0.4, 0.5) is 5.82 Å². The number of hydrogen-bond donors (Lipinski definition) is 3. The standard InChI is InChI=1S/C14H22N6O/c1-14(2,21)10-7-20(8-10)11-5-4-9(6-18-11)12(15)19-13(16)17-3/h4-6,10,21H,7-8H2,1-3H3,(H4,15,16,17,19). The minimum atomic E-state index is -0.648. The normalized spacial score (nSPS) is 17.8. The average molecular weight is 290 g/mol. The van der Waals surface area contributed by atoms with Gasteiger partial charge in [-0.3, -0.25) is 4.99 Å². The number of hydrogen-bond acceptors (Lipinski definition) is 4. The van der Waals surface area contributed by atoms with Gasteiger partial charge in [-0.2, -0.15) is 4.99 Å². The molecule has 0 radical (unpaired) electrons. The fourth-order valence-corrected chi connectivity index (χ4v) is 2.08. The van der Waals surface area contributed by atoms with Gasteiger partial charge in [-0.15, -0.1) is 0 Å². The van der Waals surface area contributed by atoms with Crippen molar-refractivity contribution in [2.24, 2.45) is 27.4 Å². The van der Waals surface area contributed by atoms with Gasteiger partial charge in [-0.05, 0) is 26.0 Å². The Morgan fingerprint density at radius 1 is 1.38 bits per heavy atom. The van der Waals surface area contributed by atoms with E-state index < -0.39 is 5.60 Å². The van der Waals surface area contributed by atoms with Crippen molar-refractivity contribution in [2.75, 3.05) is 25.0 Å². The number of aromatic nitrogens is 1. The summed E-state index contributed by atoms with van der Waals surface area (Å²) in [6, 6.07) is 3.74. The number of guanidine groups is 1. The van der Waals surface area contributed by atoms with Crippen LogP contribution in [0.25, 0.3) is 0 Å². The molecule has 1 aliphatic rings. The lowest BCUT2D eigenvalue weighted by Gasteiger charge is -2.45. The van der Waals surface area contributed by atoms with Crippen molar-refractivity contribution in [1.29, 1.82) is 0 Å². The second-order valence-electron chi connectivity index (χ2n) is 5.74. The lowest BCUT2D eigenvalue weighted by atomic mass is 9.84. The van der Waals surface area contributed by atoms with E-state index in [0.717, 1.165) is 18.9 Å². The van der Waals surface area contributed by atoms with Crippen molar-refractivity contribution >= 4 is 17.6 Å². The lowest BCUT2D eigenvalue weighted by molar-refractivity contribution is 0.00439.